The molecule has 0 spiro atoms. The minimum Gasteiger partial charge on any atom is -0.381 e. The first kappa shape index (κ1) is 20.4. The molecule has 1 aliphatic rings. The van der Waals surface area contributed by atoms with Crippen LogP contribution in [0.1, 0.15) is 29.5 Å². The highest BCUT2D eigenvalue weighted by Gasteiger charge is 2.37. The highest BCUT2D eigenvalue weighted by Crippen LogP contribution is 2.30. The lowest BCUT2D eigenvalue weighted by Crippen LogP contribution is -2.51. The Hall–Kier alpha value is -0.660. The number of hydrogen-bond acceptors (Lipinski definition) is 4. The molecule has 0 aliphatic carbocycles. The van der Waals surface area contributed by atoms with E-state index in [4.69, 9.17) is 10.5 Å². The van der Waals surface area contributed by atoms with E-state index in [9.17, 15) is 8.42 Å². The maximum Gasteiger partial charge on any atom is 0.243 e. The second kappa shape index (κ2) is 7.94. The average Bonchev–Trinajstić information content (AvgIpc) is 2.44. The van der Waals surface area contributed by atoms with Gasteiger partial charge in [0.1, 0.15) is 0 Å². The molecule has 0 radical (unpaired) electrons. The van der Waals surface area contributed by atoms with E-state index in [2.05, 4.69) is 0 Å². The Balaban J connectivity index is 0.00000264. The molecule has 1 saturated heterocycles. The van der Waals surface area contributed by atoms with Crippen molar-refractivity contribution in [3.8, 4) is 0 Å². The van der Waals surface area contributed by atoms with Gasteiger partial charge < -0.3 is 10.5 Å². The normalized spacial score (nSPS) is 22.7. The lowest BCUT2D eigenvalue weighted by molar-refractivity contribution is 0.0401. The van der Waals surface area contributed by atoms with E-state index in [1.165, 1.54) is 0 Å². The fraction of sp³-hybridized carbons (Fsp3) is 0.625. The minimum atomic E-state index is -3.54. The number of aryl methyl sites for hydroxylation is 3. The Morgan fingerprint density at radius 2 is 1.83 bits per heavy atom. The number of methoxy groups -OCH3 is 1. The number of halogens is 1. The summed E-state index contributed by atoms with van der Waals surface area (Å²) in [5, 5.41) is 0. The van der Waals surface area contributed by atoms with E-state index in [1.807, 2.05) is 32.9 Å². The van der Waals surface area contributed by atoms with Gasteiger partial charge in [0.25, 0.3) is 0 Å². The van der Waals surface area contributed by atoms with Crippen molar-refractivity contribution in [2.24, 2.45) is 5.73 Å². The van der Waals surface area contributed by atoms with Crippen LogP contribution < -0.4 is 5.73 Å². The monoisotopic (exact) mass is 362 g/mol. The van der Waals surface area contributed by atoms with Crippen LogP contribution in [0.4, 0.5) is 0 Å². The number of nitrogens with zero attached hydrogens (tertiary/aromatic N) is 1. The smallest absolute Gasteiger partial charge is 0.243 e. The highest BCUT2D eigenvalue weighted by atomic mass is 35.5. The fourth-order valence-corrected chi connectivity index (χ4v) is 5.50. The molecule has 2 N–H and O–H groups in total. The van der Waals surface area contributed by atoms with E-state index in [-0.39, 0.29) is 24.6 Å². The van der Waals surface area contributed by atoms with Crippen molar-refractivity contribution in [3.05, 3.63) is 28.8 Å². The van der Waals surface area contributed by atoms with Crippen molar-refractivity contribution in [3.63, 3.8) is 0 Å². The zero-order chi connectivity index (χ0) is 16.5. The summed E-state index contributed by atoms with van der Waals surface area (Å²) in [6, 6.07) is 3.63. The first-order chi connectivity index (χ1) is 10.3. The molecule has 2 atom stereocenters. The summed E-state index contributed by atoms with van der Waals surface area (Å²) < 4.78 is 33.2. The van der Waals surface area contributed by atoms with Crippen molar-refractivity contribution in [2.75, 3.05) is 20.2 Å². The number of piperidine rings is 1. The second-order valence-corrected chi connectivity index (χ2v) is 7.94. The molecule has 23 heavy (non-hydrogen) atoms. The van der Waals surface area contributed by atoms with Crippen LogP contribution in [-0.4, -0.2) is 45.1 Å². The third-order valence-corrected chi connectivity index (χ3v) is 6.65. The molecule has 1 heterocycles. The Labute approximate surface area is 145 Å². The van der Waals surface area contributed by atoms with E-state index >= 15 is 0 Å². The average molecular weight is 363 g/mol. The van der Waals surface area contributed by atoms with Crippen molar-refractivity contribution in [2.45, 2.75) is 50.7 Å². The second-order valence-electron chi connectivity index (χ2n) is 6.12. The van der Waals surface area contributed by atoms with Crippen molar-refractivity contribution in [1.82, 2.24) is 4.31 Å². The van der Waals surface area contributed by atoms with Gasteiger partial charge in [0.15, 0.2) is 0 Å². The van der Waals surface area contributed by atoms with E-state index in [0.29, 0.717) is 30.8 Å². The number of nitrogens with two attached hydrogens (primary N) is 1. The lowest BCUT2D eigenvalue weighted by Gasteiger charge is -2.38. The molecular formula is C16H27ClN2O3S. The molecule has 0 bridgehead atoms. The first-order valence-corrected chi connectivity index (χ1v) is 9.07. The maximum atomic E-state index is 13.1. The fourth-order valence-electron chi connectivity index (χ4n) is 3.43. The molecule has 1 fully saturated rings. The van der Waals surface area contributed by atoms with Crippen LogP contribution in [0.5, 0.6) is 0 Å². The molecule has 5 nitrogen and oxygen atoms in total. The van der Waals surface area contributed by atoms with Crippen LogP contribution in [-0.2, 0) is 14.8 Å². The predicted molar refractivity (Wildman–Crippen MR) is 94.7 cm³/mol. The Morgan fingerprint density at radius 3 is 2.30 bits per heavy atom. The molecule has 1 aromatic carbocycles. The van der Waals surface area contributed by atoms with Gasteiger partial charge in [-0.3, -0.25) is 0 Å². The van der Waals surface area contributed by atoms with Crippen LogP contribution in [0.2, 0.25) is 0 Å². The van der Waals surface area contributed by atoms with Crippen LogP contribution in [0.3, 0.4) is 0 Å². The van der Waals surface area contributed by atoms with E-state index in [1.54, 1.807) is 11.4 Å². The molecule has 1 aliphatic heterocycles. The standard InChI is InChI=1S/C16H26N2O3S.ClH/c1-11-7-12(2)16(13(3)8-11)22(19,20)18-6-5-15(21-4)9-14(18)10-17;/h7-8,14-15H,5-6,9-10,17H2,1-4H3;1H. The molecule has 0 amide bonds. The topological polar surface area (TPSA) is 72.6 Å². The van der Waals surface area contributed by atoms with Gasteiger partial charge in [0.2, 0.25) is 10.0 Å². The van der Waals surface area contributed by atoms with Gasteiger partial charge in [-0.25, -0.2) is 8.42 Å². The largest absolute Gasteiger partial charge is 0.381 e. The van der Waals surface area contributed by atoms with Crippen molar-refractivity contribution in [1.29, 1.82) is 0 Å². The Bertz CT molecular complexity index is 626. The van der Waals surface area contributed by atoms with Gasteiger partial charge in [0, 0.05) is 26.2 Å². The van der Waals surface area contributed by atoms with E-state index < -0.39 is 10.0 Å². The number of benzene rings is 1. The van der Waals surface area contributed by atoms with Gasteiger partial charge in [-0.1, -0.05) is 17.7 Å². The molecule has 132 valence electrons. The quantitative estimate of drug-likeness (QED) is 0.890. The predicted octanol–water partition coefficient (Wildman–Crippen LogP) is 2.16. The van der Waals surface area contributed by atoms with Gasteiger partial charge in [0.05, 0.1) is 11.0 Å². The number of hydrogen-bond donors (Lipinski definition) is 1. The molecule has 2 unspecified atom stereocenters. The SMILES string of the molecule is COC1CCN(S(=O)(=O)c2c(C)cc(C)cc2C)C(CN)C1.Cl. The third kappa shape index (κ3) is 4.06. The number of rotatable bonds is 4. The third-order valence-electron chi connectivity index (χ3n) is 4.39. The summed E-state index contributed by atoms with van der Waals surface area (Å²) in [4.78, 5) is 0.424. The zero-order valence-corrected chi connectivity index (χ0v) is 15.8. The van der Waals surface area contributed by atoms with Crippen LogP contribution in [0.25, 0.3) is 0 Å². The molecular weight excluding hydrogens is 336 g/mol. The maximum absolute atomic E-state index is 13.1. The Kier molecular flexibility index (Phi) is 7.04. The van der Waals surface area contributed by atoms with E-state index in [0.717, 1.165) is 16.7 Å². The minimum absolute atomic E-state index is 0. The van der Waals surface area contributed by atoms with Crippen LogP contribution >= 0.6 is 12.4 Å². The summed E-state index contributed by atoms with van der Waals surface area (Å²) in [5.74, 6) is 0. The van der Waals surface area contributed by atoms with Gasteiger partial charge in [-0.2, -0.15) is 4.31 Å². The van der Waals surface area contributed by atoms with Crippen molar-refractivity contribution >= 4 is 22.4 Å². The van der Waals surface area contributed by atoms with Gasteiger partial charge in [-0.05, 0) is 44.7 Å². The summed E-state index contributed by atoms with van der Waals surface area (Å²) in [6.45, 7) is 6.44. The lowest BCUT2D eigenvalue weighted by atomic mass is 10.0. The molecule has 2 rings (SSSR count). The Morgan fingerprint density at radius 1 is 1.26 bits per heavy atom. The van der Waals surface area contributed by atoms with Gasteiger partial charge in [-0.15, -0.1) is 12.4 Å². The molecule has 1 aromatic rings. The van der Waals surface area contributed by atoms with Crippen molar-refractivity contribution < 1.29 is 13.2 Å². The highest BCUT2D eigenvalue weighted by molar-refractivity contribution is 7.89. The summed E-state index contributed by atoms with van der Waals surface area (Å²) in [7, 11) is -1.87. The summed E-state index contributed by atoms with van der Waals surface area (Å²) in [5.41, 5.74) is 8.48. The summed E-state index contributed by atoms with van der Waals surface area (Å²) >= 11 is 0. The summed E-state index contributed by atoms with van der Waals surface area (Å²) in [6.07, 6.45) is 1.44. The van der Waals surface area contributed by atoms with Gasteiger partial charge >= 0.3 is 0 Å². The molecule has 0 saturated carbocycles. The van der Waals surface area contributed by atoms with Crippen LogP contribution in [0.15, 0.2) is 17.0 Å². The molecule has 0 aromatic heterocycles. The number of sulfonamides is 1. The number of ether oxygens (including phenoxy) is 1. The first-order valence-electron chi connectivity index (χ1n) is 7.63. The van der Waals surface area contributed by atoms with Crippen LogP contribution in [0, 0.1) is 20.8 Å². The molecule has 7 heteroatoms. The zero-order valence-electron chi connectivity index (χ0n) is 14.2.